The van der Waals surface area contributed by atoms with E-state index in [2.05, 4.69) is 10.3 Å². The molecule has 1 amide bonds. The fraction of sp³-hybridized carbons (Fsp3) is 0.111. The van der Waals surface area contributed by atoms with Crippen LogP contribution < -0.4 is 14.8 Å². The van der Waals surface area contributed by atoms with Gasteiger partial charge in [-0.25, -0.2) is 0 Å². The molecule has 0 aliphatic heterocycles. The Labute approximate surface area is 154 Å². The molecule has 2 heterocycles. The van der Waals surface area contributed by atoms with E-state index in [9.17, 15) is 4.79 Å². The Balaban J connectivity index is 1.74. The van der Waals surface area contributed by atoms with Crippen molar-refractivity contribution in [2.45, 2.75) is 6.61 Å². The van der Waals surface area contributed by atoms with Crippen LogP contribution in [0.15, 0.2) is 54.9 Å². The maximum absolute atomic E-state index is 12.2. The number of nitrogens with zero attached hydrogens (tertiary/aromatic N) is 1. The van der Waals surface area contributed by atoms with Crippen molar-refractivity contribution >= 4 is 34.5 Å². The molecule has 0 bridgehead atoms. The number of carbonyl (C=O) groups excluding carboxylic acids is 1. The van der Waals surface area contributed by atoms with E-state index in [4.69, 9.17) is 21.1 Å². The number of carbonyl (C=O) groups is 1. The predicted molar refractivity (Wildman–Crippen MR) is 98.8 cm³/mol. The molecule has 0 unspecified atom stereocenters. The van der Waals surface area contributed by atoms with Crippen molar-refractivity contribution in [3.05, 3.63) is 69.6 Å². The number of rotatable bonds is 6. The number of benzene rings is 1. The molecule has 0 atom stereocenters. The quantitative estimate of drug-likeness (QED) is 0.683. The first kappa shape index (κ1) is 17.3. The van der Waals surface area contributed by atoms with Gasteiger partial charge < -0.3 is 14.8 Å². The fourth-order valence-electron chi connectivity index (χ4n) is 2.14. The highest BCUT2D eigenvalue weighted by Crippen LogP contribution is 2.31. The molecule has 3 aromatic rings. The Hall–Kier alpha value is -2.57. The molecule has 2 aromatic heterocycles. The number of hydrogen-bond acceptors (Lipinski definition) is 5. The van der Waals surface area contributed by atoms with Crippen LogP contribution in [0.5, 0.6) is 11.5 Å². The summed E-state index contributed by atoms with van der Waals surface area (Å²) in [6, 6.07) is 12.4. The molecule has 0 saturated carbocycles. The Bertz CT molecular complexity index is 868. The van der Waals surface area contributed by atoms with E-state index in [1.807, 2.05) is 12.1 Å². The fourth-order valence-corrected chi connectivity index (χ4v) is 3.07. The first-order valence-corrected chi connectivity index (χ1v) is 8.61. The lowest BCUT2D eigenvalue weighted by Crippen LogP contribution is -2.10. The second kappa shape index (κ2) is 8.00. The number of hydrogen-bond donors (Lipinski definition) is 1. The van der Waals surface area contributed by atoms with E-state index in [0.29, 0.717) is 33.0 Å². The Morgan fingerprint density at radius 3 is 2.64 bits per heavy atom. The molecule has 25 heavy (non-hydrogen) atoms. The highest BCUT2D eigenvalue weighted by Gasteiger charge is 2.12. The van der Waals surface area contributed by atoms with Crippen molar-refractivity contribution in [2.24, 2.45) is 0 Å². The molecule has 128 valence electrons. The summed E-state index contributed by atoms with van der Waals surface area (Å²) in [5.41, 5.74) is 1.60. The Morgan fingerprint density at radius 2 is 1.96 bits per heavy atom. The number of thiophene rings is 1. The molecule has 1 aromatic carbocycles. The van der Waals surface area contributed by atoms with Crippen molar-refractivity contribution in [3.8, 4) is 11.5 Å². The number of halogens is 1. The van der Waals surface area contributed by atoms with Crippen LogP contribution >= 0.6 is 22.9 Å². The number of methoxy groups -OCH3 is 1. The minimum absolute atomic E-state index is 0.220. The van der Waals surface area contributed by atoms with Gasteiger partial charge in [0, 0.05) is 24.1 Å². The van der Waals surface area contributed by atoms with Gasteiger partial charge in [-0.3, -0.25) is 9.78 Å². The second-order valence-electron chi connectivity index (χ2n) is 5.07. The topological polar surface area (TPSA) is 60.5 Å². The van der Waals surface area contributed by atoms with Gasteiger partial charge in [-0.05, 0) is 42.0 Å². The molecule has 1 N–H and O–H groups in total. The first-order chi connectivity index (χ1) is 12.2. The standard InChI is InChI=1S/C18H15ClN2O3S/c1-23-14-3-2-13(21-18(22)16-4-5-17(19)25-16)10-15(14)24-11-12-6-8-20-9-7-12/h2-10H,11H2,1H3,(H,21,22). The maximum Gasteiger partial charge on any atom is 0.265 e. The minimum atomic E-state index is -0.220. The van der Waals surface area contributed by atoms with Crippen LogP contribution in [0.1, 0.15) is 15.2 Å². The van der Waals surface area contributed by atoms with Crippen molar-refractivity contribution in [1.82, 2.24) is 4.98 Å². The summed E-state index contributed by atoms with van der Waals surface area (Å²) in [6.45, 7) is 0.372. The average molecular weight is 375 g/mol. The van der Waals surface area contributed by atoms with Crippen LogP contribution in [0, 0.1) is 0 Å². The average Bonchev–Trinajstić information content (AvgIpc) is 3.07. The van der Waals surface area contributed by atoms with Crippen molar-refractivity contribution in [2.75, 3.05) is 12.4 Å². The van der Waals surface area contributed by atoms with Gasteiger partial charge in [0.15, 0.2) is 11.5 Å². The van der Waals surface area contributed by atoms with Gasteiger partial charge in [-0.2, -0.15) is 0 Å². The monoisotopic (exact) mass is 374 g/mol. The molecule has 0 fully saturated rings. The molecule has 7 heteroatoms. The summed E-state index contributed by atoms with van der Waals surface area (Å²) >= 11 is 7.10. The van der Waals surface area contributed by atoms with E-state index < -0.39 is 0 Å². The Morgan fingerprint density at radius 1 is 1.16 bits per heavy atom. The van der Waals surface area contributed by atoms with Crippen LogP contribution in [0.2, 0.25) is 4.34 Å². The van der Waals surface area contributed by atoms with E-state index in [1.54, 1.807) is 49.8 Å². The zero-order valence-corrected chi connectivity index (χ0v) is 14.9. The van der Waals surface area contributed by atoms with Gasteiger partial charge >= 0.3 is 0 Å². The second-order valence-corrected chi connectivity index (χ2v) is 6.78. The lowest BCUT2D eigenvalue weighted by atomic mass is 10.2. The van der Waals surface area contributed by atoms with Gasteiger partial charge in [0.2, 0.25) is 0 Å². The number of amides is 1. The van der Waals surface area contributed by atoms with Crippen molar-refractivity contribution in [3.63, 3.8) is 0 Å². The third-order valence-electron chi connectivity index (χ3n) is 3.36. The number of ether oxygens (including phenoxy) is 2. The van der Waals surface area contributed by atoms with Gasteiger partial charge in [0.1, 0.15) is 6.61 Å². The zero-order chi connectivity index (χ0) is 17.6. The summed E-state index contributed by atoms with van der Waals surface area (Å²) in [5, 5.41) is 2.83. The highest BCUT2D eigenvalue weighted by atomic mass is 35.5. The smallest absolute Gasteiger partial charge is 0.265 e. The van der Waals surface area contributed by atoms with Gasteiger partial charge in [0.05, 0.1) is 16.3 Å². The zero-order valence-electron chi connectivity index (χ0n) is 13.4. The molecule has 0 aliphatic rings. The van der Waals surface area contributed by atoms with Gasteiger partial charge in [-0.1, -0.05) is 11.6 Å². The van der Waals surface area contributed by atoms with E-state index in [0.717, 1.165) is 5.56 Å². The van der Waals surface area contributed by atoms with Crippen LogP contribution in [0.25, 0.3) is 0 Å². The largest absolute Gasteiger partial charge is 0.493 e. The van der Waals surface area contributed by atoms with Crippen LogP contribution in [0.3, 0.4) is 0 Å². The van der Waals surface area contributed by atoms with Crippen molar-refractivity contribution in [1.29, 1.82) is 0 Å². The minimum Gasteiger partial charge on any atom is -0.493 e. The lowest BCUT2D eigenvalue weighted by Gasteiger charge is -2.13. The third-order valence-corrected chi connectivity index (χ3v) is 4.59. The number of nitrogens with one attached hydrogen (secondary N) is 1. The van der Waals surface area contributed by atoms with Gasteiger partial charge in [0.25, 0.3) is 5.91 Å². The first-order valence-electron chi connectivity index (χ1n) is 7.42. The molecule has 3 rings (SSSR count). The molecular formula is C18H15ClN2O3S. The van der Waals surface area contributed by atoms with Crippen LogP contribution in [-0.2, 0) is 6.61 Å². The van der Waals surface area contributed by atoms with E-state index >= 15 is 0 Å². The molecule has 0 saturated heterocycles. The number of pyridine rings is 1. The summed E-state index contributed by atoms with van der Waals surface area (Å²) in [4.78, 5) is 16.8. The summed E-state index contributed by atoms with van der Waals surface area (Å²) in [6.07, 6.45) is 3.41. The highest BCUT2D eigenvalue weighted by molar-refractivity contribution is 7.18. The SMILES string of the molecule is COc1ccc(NC(=O)c2ccc(Cl)s2)cc1OCc1ccncc1. The summed E-state index contributed by atoms with van der Waals surface area (Å²) in [7, 11) is 1.57. The van der Waals surface area contributed by atoms with Crippen molar-refractivity contribution < 1.29 is 14.3 Å². The maximum atomic E-state index is 12.2. The van der Waals surface area contributed by atoms with Crippen LogP contribution in [-0.4, -0.2) is 18.0 Å². The van der Waals surface area contributed by atoms with E-state index in [-0.39, 0.29) is 5.91 Å². The van der Waals surface area contributed by atoms with Crippen LogP contribution in [0.4, 0.5) is 5.69 Å². The lowest BCUT2D eigenvalue weighted by molar-refractivity contribution is 0.103. The number of aromatic nitrogens is 1. The molecular weight excluding hydrogens is 360 g/mol. The molecule has 0 aliphatic carbocycles. The Kier molecular flexibility index (Phi) is 5.53. The summed E-state index contributed by atoms with van der Waals surface area (Å²) in [5.74, 6) is 0.912. The third kappa shape index (κ3) is 4.49. The number of anilines is 1. The molecule has 0 radical (unpaired) electrons. The normalized spacial score (nSPS) is 10.3. The van der Waals surface area contributed by atoms with E-state index in [1.165, 1.54) is 11.3 Å². The molecule has 5 nitrogen and oxygen atoms in total. The predicted octanol–water partition coefficient (Wildman–Crippen LogP) is 4.64. The molecule has 0 spiro atoms. The summed E-state index contributed by atoms with van der Waals surface area (Å²) < 4.78 is 11.7. The van der Waals surface area contributed by atoms with Gasteiger partial charge in [-0.15, -0.1) is 11.3 Å².